The number of hydrogen-bond donors (Lipinski definition) is 5. The Morgan fingerprint density at radius 3 is 1.83 bits per heavy atom. The van der Waals surface area contributed by atoms with Gasteiger partial charge in [0.25, 0.3) is 5.91 Å². The SMILES string of the molecule is COC(=O)NC(C(=O)NC[C@@H](O)CN(Cc1ccc(-c2ccn(C3CC3)n2)cc1)NC(=O)[C@@H](NC(=O)OC)C(C)(C)C(F)(F)F)C(C)(C)C(F)(F)F. The van der Waals surface area contributed by atoms with Gasteiger partial charge >= 0.3 is 24.5 Å². The van der Waals surface area contributed by atoms with E-state index in [1.165, 1.54) is 0 Å². The van der Waals surface area contributed by atoms with Crippen molar-refractivity contribution in [2.45, 2.75) is 83.7 Å². The summed E-state index contributed by atoms with van der Waals surface area (Å²) < 4.78 is 94.2. The number of amides is 4. The molecule has 20 heteroatoms. The number of alkyl halides is 6. The number of carbonyl (C=O) groups excluding carboxylic acids is 4. The summed E-state index contributed by atoms with van der Waals surface area (Å²) in [6, 6.07) is 4.48. The van der Waals surface area contributed by atoms with Crippen LogP contribution < -0.4 is 21.4 Å². The Bertz CT molecular complexity index is 1560. The van der Waals surface area contributed by atoms with Gasteiger partial charge in [-0.3, -0.25) is 19.7 Å². The van der Waals surface area contributed by atoms with Crippen molar-refractivity contribution in [3.63, 3.8) is 0 Å². The number of methoxy groups -OCH3 is 2. The molecule has 5 N–H and O–H groups in total. The summed E-state index contributed by atoms with van der Waals surface area (Å²) >= 11 is 0. The summed E-state index contributed by atoms with van der Waals surface area (Å²) in [6.07, 6.45) is -10.3. The fraction of sp³-hybridized carbons (Fsp3) is 0.594. The van der Waals surface area contributed by atoms with E-state index in [2.05, 4.69) is 25.3 Å². The minimum atomic E-state index is -4.99. The first-order chi connectivity index (χ1) is 24.0. The summed E-state index contributed by atoms with van der Waals surface area (Å²) in [5.41, 5.74) is -1.43. The zero-order valence-corrected chi connectivity index (χ0v) is 29.3. The zero-order valence-electron chi connectivity index (χ0n) is 29.3. The third-order valence-electron chi connectivity index (χ3n) is 8.69. The van der Waals surface area contributed by atoms with Crippen molar-refractivity contribution in [1.82, 2.24) is 36.2 Å². The van der Waals surface area contributed by atoms with Gasteiger partial charge in [0.2, 0.25) is 5.91 Å². The Labute approximate surface area is 295 Å². The van der Waals surface area contributed by atoms with Crippen LogP contribution in [0.1, 0.15) is 52.1 Å². The van der Waals surface area contributed by atoms with Crippen LogP contribution in [0.15, 0.2) is 36.5 Å². The molecule has 3 rings (SSSR count). The molecule has 1 fully saturated rings. The summed E-state index contributed by atoms with van der Waals surface area (Å²) in [4.78, 5) is 50.1. The fourth-order valence-corrected chi connectivity index (χ4v) is 4.87. The van der Waals surface area contributed by atoms with E-state index in [1.807, 2.05) is 27.6 Å². The van der Waals surface area contributed by atoms with E-state index < -0.39 is 78.5 Å². The first-order valence-corrected chi connectivity index (χ1v) is 16.0. The fourth-order valence-electron chi connectivity index (χ4n) is 4.87. The highest BCUT2D eigenvalue weighted by atomic mass is 19.4. The highest BCUT2D eigenvalue weighted by Crippen LogP contribution is 2.41. The van der Waals surface area contributed by atoms with Crippen LogP contribution in [0.5, 0.6) is 0 Å². The number of hydrazine groups is 1. The molecule has 4 amide bonds. The van der Waals surface area contributed by atoms with Gasteiger partial charge in [0.15, 0.2) is 0 Å². The summed E-state index contributed by atoms with van der Waals surface area (Å²) in [6.45, 7) is 1.17. The van der Waals surface area contributed by atoms with Crippen LogP contribution in [0.4, 0.5) is 35.9 Å². The van der Waals surface area contributed by atoms with E-state index in [-0.39, 0.29) is 6.54 Å². The largest absolute Gasteiger partial charge is 0.453 e. The van der Waals surface area contributed by atoms with Gasteiger partial charge < -0.3 is 30.5 Å². The van der Waals surface area contributed by atoms with Crippen LogP contribution in [-0.2, 0) is 25.6 Å². The summed E-state index contributed by atoms with van der Waals surface area (Å²) in [5, 5.41) is 22.3. The number of nitrogens with one attached hydrogen (secondary N) is 4. The maximum Gasteiger partial charge on any atom is 0.407 e. The molecule has 1 aromatic carbocycles. The molecule has 1 saturated carbocycles. The number of aromatic nitrogens is 2. The molecule has 1 aliphatic rings. The van der Waals surface area contributed by atoms with Crippen LogP contribution in [0, 0.1) is 10.8 Å². The maximum absolute atomic E-state index is 14.0. The lowest BCUT2D eigenvalue weighted by Crippen LogP contribution is -2.62. The Morgan fingerprint density at radius 2 is 1.37 bits per heavy atom. The Balaban J connectivity index is 1.85. The number of carbonyl (C=O) groups is 4. The molecule has 3 atom stereocenters. The molecule has 0 bridgehead atoms. The van der Waals surface area contributed by atoms with E-state index in [1.54, 1.807) is 24.3 Å². The van der Waals surface area contributed by atoms with Gasteiger partial charge in [0.05, 0.1) is 42.9 Å². The molecule has 0 spiro atoms. The normalized spacial score (nSPS) is 15.7. The predicted octanol–water partition coefficient (Wildman–Crippen LogP) is 3.82. The summed E-state index contributed by atoms with van der Waals surface area (Å²) in [5.74, 6) is -2.68. The maximum atomic E-state index is 14.0. The van der Waals surface area contributed by atoms with Crippen LogP contribution in [-0.4, -0.2) is 102 Å². The Hall–Kier alpha value is -4.59. The van der Waals surface area contributed by atoms with E-state index >= 15 is 0 Å². The van der Waals surface area contributed by atoms with Crippen LogP contribution in [0.3, 0.4) is 0 Å². The first-order valence-electron chi connectivity index (χ1n) is 16.0. The van der Waals surface area contributed by atoms with Crippen molar-refractivity contribution < 1.29 is 60.1 Å². The molecule has 0 aliphatic heterocycles. The van der Waals surface area contributed by atoms with Gasteiger partial charge in [0.1, 0.15) is 12.1 Å². The number of aliphatic hydroxyl groups excluding tert-OH is 1. The number of nitrogens with zero attached hydrogens (tertiary/aromatic N) is 3. The molecule has 1 aromatic heterocycles. The smallest absolute Gasteiger partial charge is 0.407 e. The minimum absolute atomic E-state index is 0.238. The molecule has 14 nitrogen and oxygen atoms in total. The minimum Gasteiger partial charge on any atom is -0.453 e. The number of rotatable bonds is 15. The number of benzene rings is 1. The van der Waals surface area contributed by atoms with Gasteiger partial charge in [-0.15, -0.1) is 0 Å². The lowest BCUT2D eigenvalue weighted by Gasteiger charge is -2.37. The first kappa shape index (κ1) is 41.8. The molecular weight excluding hydrogens is 708 g/mol. The number of ether oxygens (including phenoxy) is 2. The third-order valence-corrected chi connectivity index (χ3v) is 8.69. The molecule has 0 radical (unpaired) electrons. The van der Waals surface area contributed by atoms with E-state index in [4.69, 9.17) is 0 Å². The van der Waals surface area contributed by atoms with E-state index in [0.29, 0.717) is 45.0 Å². The number of halogens is 6. The summed E-state index contributed by atoms with van der Waals surface area (Å²) in [7, 11) is 1.78. The number of hydrogen-bond acceptors (Lipinski definition) is 9. The molecule has 1 unspecified atom stereocenters. The van der Waals surface area contributed by atoms with Crippen molar-refractivity contribution in [1.29, 1.82) is 0 Å². The topological polar surface area (TPSA) is 176 Å². The van der Waals surface area contributed by atoms with Crippen molar-refractivity contribution in [3.05, 3.63) is 42.1 Å². The standard InChI is InChI=1S/C32H43F6N7O7/c1-29(2,31(33,34)35)23(40-27(49)51-5)25(47)39-15-21(46)17-44(43-26(48)24(41-28(50)52-6)30(3,4)32(36,37)38)16-18-7-9-19(10-8-18)22-13-14-45(42-22)20-11-12-20/h7-10,13-14,20-21,23-24,46H,11-12,15-17H2,1-6H3,(H,39,47)(H,40,49)(H,41,50)(H,43,48)/t21-,23?,24-/m1/s1. The quantitative estimate of drug-likeness (QED) is 0.134. The third kappa shape index (κ3) is 10.5. The Kier molecular flexibility index (Phi) is 13.2. The highest BCUT2D eigenvalue weighted by Gasteiger charge is 2.57. The van der Waals surface area contributed by atoms with Crippen molar-refractivity contribution in [3.8, 4) is 11.3 Å². The van der Waals surface area contributed by atoms with Gasteiger partial charge in [0, 0.05) is 31.4 Å². The molecule has 290 valence electrons. The zero-order chi connectivity index (χ0) is 39.2. The second-order valence-electron chi connectivity index (χ2n) is 13.4. The van der Waals surface area contributed by atoms with E-state index in [9.17, 15) is 50.6 Å². The van der Waals surface area contributed by atoms with Crippen LogP contribution in [0.2, 0.25) is 0 Å². The molecule has 1 heterocycles. The average Bonchev–Trinajstić information content (AvgIpc) is 3.79. The van der Waals surface area contributed by atoms with Gasteiger partial charge in [-0.2, -0.15) is 31.4 Å². The van der Waals surface area contributed by atoms with Gasteiger partial charge in [-0.05, 0) is 52.2 Å². The van der Waals surface area contributed by atoms with E-state index in [0.717, 1.165) is 37.6 Å². The van der Waals surface area contributed by atoms with Crippen molar-refractivity contribution >= 4 is 24.0 Å². The monoisotopic (exact) mass is 751 g/mol. The van der Waals surface area contributed by atoms with Crippen LogP contribution in [0.25, 0.3) is 11.3 Å². The average molecular weight is 752 g/mol. The Morgan fingerprint density at radius 1 is 0.865 bits per heavy atom. The second kappa shape index (κ2) is 16.4. The molecule has 2 aromatic rings. The predicted molar refractivity (Wildman–Crippen MR) is 172 cm³/mol. The molecular formula is C32H43F6N7O7. The lowest BCUT2D eigenvalue weighted by molar-refractivity contribution is -0.221. The molecule has 1 aliphatic carbocycles. The highest BCUT2D eigenvalue weighted by molar-refractivity contribution is 5.87. The van der Waals surface area contributed by atoms with Gasteiger partial charge in [-0.25, -0.2) is 14.6 Å². The molecule has 52 heavy (non-hydrogen) atoms. The number of aliphatic hydroxyl groups is 1. The molecule has 0 saturated heterocycles. The number of alkyl carbamates (subject to hydrolysis) is 2. The van der Waals surface area contributed by atoms with Crippen LogP contribution >= 0.6 is 0 Å². The van der Waals surface area contributed by atoms with Gasteiger partial charge in [-0.1, -0.05) is 24.3 Å². The van der Waals surface area contributed by atoms with Crippen molar-refractivity contribution in [2.24, 2.45) is 10.8 Å². The lowest BCUT2D eigenvalue weighted by atomic mass is 9.83. The second-order valence-corrected chi connectivity index (χ2v) is 13.4. The van der Waals surface area contributed by atoms with Crippen molar-refractivity contribution in [2.75, 3.05) is 27.3 Å².